The predicted molar refractivity (Wildman–Crippen MR) is 83.0 cm³/mol. The fourth-order valence-electron chi connectivity index (χ4n) is 2.48. The Bertz CT molecular complexity index is 536. The summed E-state index contributed by atoms with van der Waals surface area (Å²) < 4.78 is 0. The third-order valence-electron chi connectivity index (χ3n) is 3.67. The fraction of sp³-hybridized carbons (Fsp3) is 0.500. The predicted octanol–water partition coefficient (Wildman–Crippen LogP) is 2.20. The van der Waals surface area contributed by atoms with Gasteiger partial charge in [-0.15, -0.1) is 12.4 Å². The van der Waals surface area contributed by atoms with Gasteiger partial charge < -0.3 is 10.6 Å². The number of piperidine rings is 1. The van der Waals surface area contributed by atoms with Crippen LogP contribution in [0.1, 0.15) is 35.7 Å². The van der Waals surface area contributed by atoms with E-state index in [4.69, 9.17) is 0 Å². The molecular formula is C14H20ClN3O3. The molecule has 1 amide bonds. The van der Waals surface area contributed by atoms with Crippen LogP contribution in [0.5, 0.6) is 0 Å². The molecule has 1 fully saturated rings. The van der Waals surface area contributed by atoms with Gasteiger partial charge in [-0.1, -0.05) is 6.07 Å². The van der Waals surface area contributed by atoms with E-state index in [-0.39, 0.29) is 41.6 Å². The molecule has 1 saturated heterocycles. The molecular weight excluding hydrogens is 294 g/mol. The highest BCUT2D eigenvalue weighted by Gasteiger charge is 2.26. The van der Waals surface area contributed by atoms with Gasteiger partial charge in [0.05, 0.1) is 4.92 Å². The van der Waals surface area contributed by atoms with Gasteiger partial charge in [-0.25, -0.2) is 0 Å². The van der Waals surface area contributed by atoms with Gasteiger partial charge in [-0.2, -0.15) is 0 Å². The van der Waals surface area contributed by atoms with E-state index >= 15 is 0 Å². The molecule has 2 atom stereocenters. The molecule has 0 radical (unpaired) electrons. The van der Waals surface area contributed by atoms with Crippen molar-refractivity contribution in [3.63, 3.8) is 0 Å². The van der Waals surface area contributed by atoms with Crippen molar-refractivity contribution in [1.82, 2.24) is 10.6 Å². The first kappa shape index (κ1) is 17.4. The Balaban J connectivity index is 0.00000220. The van der Waals surface area contributed by atoms with Gasteiger partial charge in [-0.05, 0) is 44.9 Å². The third kappa shape index (κ3) is 4.15. The molecule has 2 rings (SSSR count). The second-order valence-electron chi connectivity index (χ2n) is 5.24. The zero-order valence-electron chi connectivity index (χ0n) is 12.1. The highest BCUT2D eigenvalue weighted by Crippen LogP contribution is 2.20. The minimum Gasteiger partial charge on any atom is -0.348 e. The minimum absolute atomic E-state index is 0. The molecule has 0 aliphatic carbocycles. The lowest BCUT2D eigenvalue weighted by Gasteiger charge is -2.30. The highest BCUT2D eigenvalue weighted by atomic mass is 35.5. The number of aryl methyl sites for hydroxylation is 1. The summed E-state index contributed by atoms with van der Waals surface area (Å²) in [6.07, 6.45) is 1.88. The Morgan fingerprint density at radius 2 is 2.19 bits per heavy atom. The van der Waals surface area contributed by atoms with Crippen LogP contribution in [0.15, 0.2) is 18.2 Å². The summed E-state index contributed by atoms with van der Waals surface area (Å²) in [5, 5.41) is 17.2. The van der Waals surface area contributed by atoms with E-state index in [1.54, 1.807) is 12.1 Å². The van der Waals surface area contributed by atoms with Gasteiger partial charge in [0.2, 0.25) is 0 Å². The monoisotopic (exact) mass is 313 g/mol. The smallest absolute Gasteiger partial charge is 0.282 e. The van der Waals surface area contributed by atoms with E-state index in [1.165, 1.54) is 6.07 Å². The van der Waals surface area contributed by atoms with Gasteiger partial charge in [-0.3, -0.25) is 14.9 Å². The summed E-state index contributed by atoms with van der Waals surface area (Å²) in [6, 6.07) is 4.77. The number of nitro benzene ring substituents is 1. The van der Waals surface area contributed by atoms with E-state index in [0.29, 0.717) is 0 Å². The van der Waals surface area contributed by atoms with Crippen molar-refractivity contribution in [3.05, 3.63) is 39.4 Å². The SMILES string of the molecule is Cc1ccc([N+](=O)[O-])c(C(=O)NC2CCCNC2C)c1.Cl. The number of nitro groups is 1. The van der Waals surface area contributed by atoms with E-state index in [9.17, 15) is 14.9 Å². The zero-order valence-corrected chi connectivity index (χ0v) is 12.9. The lowest BCUT2D eigenvalue weighted by Crippen LogP contribution is -2.51. The van der Waals surface area contributed by atoms with Crippen LogP contribution in [-0.2, 0) is 0 Å². The van der Waals surface area contributed by atoms with Gasteiger partial charge in [0.1, 0.15) is 5.56 Å². The first-order valence-corrected chi connectivity index (χ1v) is 6.78. The summed E-state index contributed by atoms with van der Waals surface area (Å²) in [7, 11) is 0. The van der Waals surface area contributed by atoms with Crippen LogP contribution in [0.2, 0.25) is 0 Å². The zero-order chi connectivity index (χ0) is 14.7. The lowest BCUT2D eigenvalue weighted by atomic mass is 9.99. The molecule has 1 heterocycles. The summed E-state index contributed by atoms with van der Waals surface area (Å²) in [5.74, 6) is -0.374. The van der Waals surface area contributed by atoms with E-state index in [2.05, 4.69) is 10.6 Å². The van der Waals surface area contributed by atoms with Crippen LogP contribution in [0.4, 0.5) is 5.69 Å². The highest BCUT2D eigenvalue weighted by molar-refractivity contribution is 5.98. The molecule has 2 N–H and O–H groups in total. The van der Waals surface area contributed by atoms with Gasteiger partial charge in [0.25, 0.3) is 11.6 Å². The Kier molecular flexibility index (Phi) is 6.11. The quantitative estimate of drug-likeness (QED) is 0.662. The molecule has 2 unspecified atom stereocenters. The Morgan fingerprint density at radius 3 is 2.81 bits per heavy atom. The molecule has 1 aromatic rings. The maximum atomic E-state index is 12.3. The molecule has 0 saturated carbocycles. The van der Waals surface area contributed by atoms with Crippen LogP contribution in [0.25, 0.3) is 0 Å². The van der Waals surface area contributed by atoms with E-state index in [0.717, 1.165) is 24.9 Å². The van der Waals surface area contributed by atoms with Crippen LogP contribution >= 0.6 is 12.4 Å². The standard InChI is InChI=1S/C14H19N3O3.ClH/c1-9-5-6-13(17(19)20)11(8-9)14(18)16-12-4-3-7-15-10(12)2;/h5-6,8,10,12,15H,3-4,7H2,1-2H3,(H,16,18);1H. The first-order chi connectivity index (χ1) is 9.49. The second kappa shape index (κ2) is 7.38. The average molecular weight is 314 g/mol. The van der Waals surface area contributed by atoms with Crippen molar-refractivity contribution >= 4 is 24.0 Å². The van der Waals surface area contributed by atoms with Crippen molar-refractivity contribution in [3.8, 4) is 0 Å². The Labute approximate surface area is 129 Å². The van der Waals surface area contributed by atoms with Crippen molar-refractivity contribution < 1.29 is 9.72 Å². The van der Waals surface area contributed by atoms with E-state index < -0.39 is 4.92 Å². The molecule has 116 valence electrons. The number of hydrogen-bond donors (Lipinski definition) is 2. The molecule has 1 aromatic carbocycles. The van der Waals surface area contributed by atoms with Gasteiger partial charge >= 0.3 is 0 Å². The van der Waals surface area contributed by atoms with Gasteiger partial charge in [0, 0.05) is 18.2 Å². The first-order valence-electron chi connectivity index (χ1n) is 6.78. The molecule has 0 spiro atoms. The van der Waals surface area contributed by atoms with Crippen LogP contribution in [0, 0.1) is 17.0 Å². The van der Waals surface area contributed by atoms with E-state index in [1.807, 2.05) is 13.8 Å². The van der Waals surface area contributed by atoms with Crippen LogP contribution in [-0.4, -0.2) is 29.5 Å². The number of benzene rings is 1. The van der Waals surface area contributed by atoms with Gasteiger partial charge in [0.15, 0.2) is 0 Å². The second-order valence-corrected chi connectivity index (χ2v) is 5.24. The number of carbonyl (C=O) groups is 1. The number of nitrogens with zero attached hydrogens (tertiary/aromatic N) is 1. The maximum Gasteiger partial charge on any atom is 0.282 e. The number of halogens is 1. The lowest BCUT2D eigenvalue weighted by molar-refractivity contribution is -0.385. The van der Waals surface area contributed by atoms with Crippen molar-refractivity contribution in [2.45, 2.75) is 38.8 Å². The van der Waals surface area contributed by atoms with Crippen molar-refractivity contribution in [2.75, 3.05) is 6.54 Å². The maximum absolute atomic E-state index is 12.3. The third-order valence-corrected chi connectivity index (χ3v) is 3.67. The van der Waals surface area contributed by atoms with Crippen molar-refractivity contribution in [2.24, 2.45) is 0 Å². The molecule has 6 nitrogen and oxygen atoms in total. The number of rotatable bonds is 3. The summed E-state index contributed by atoms with van der Waals surface area (Å²) in [6.45, 7) is 4.76. The fourth-order valence-corrected chi connectivity index (χ4v) is 2.48. The normalized spacial score (nSPS) is 21.2. The average Bonchev–Trinajstić information content (AvgIpc) is 2.40. The van der Waals surface area contributed by atoms with Crippen molar-refractivity contribution in [1.29, 1.82) is 0 Å². The Morgan fingerprint density at radius 1 is 1.48 bits per heavy atom. The largest absolute Gasteiger partial charge is 0.348 e. The minimum atomic E-state index is -0.517. The summed E-state index contributed by atoms with van der Waals surface area (Å²) in [5.41, 5.74) is 0.813. The molecule has 7 heteroatoms. The van der Waals surface area contributed by atoms with Crippen LogP contribution < -0.4 is 10.6 Å². The number of carbonyl (C=O) groups excluding carboxylic acids is 1. The Hall–Kier alpha value is -1.66. The summed E-state index contributed by atoms with van der Waals surface area (Å²) >= 11 is 0. The topological polar surface area (TPSA) is 84.3 Å². The number of amides is 1. The van der Waals surface area contributed by atoms with Crippen LogP contribution in [0.3, 0.4) is 0 Å². The molecule has 21 heavy (non-hydrogen) atoms. The number of hydrogen-bond acceptors (Lipinski definition) is 4. The number of nitrogens with one attached hydrogen (secondary N) is 2. The molecule has 1 aliphatic heterocycles. The molecule has 1 aliphatic rings. The summed E-state index contributed by atoms with van der Waals surface area (Å²) in [4.78, 5) is 22.8. The molecule has 0 bridgehead atoms. The molecule has 0 aromatic heterocycles.